The molecule has 1 amide bonds. The Bertz CT molecular complexity index is 1380. The van der Waals surface area contributed by atoms with Gasteiger partial charge in [-0.25, -0.2) is 0 Å². The number of nitrogens with zero attached hydrogens (tertiary/aromatic N) is 1. The van der Waals surface area contributed by atoms with Gasteiger partial charge in [0.2, 0.25) is 0 Å². The van der Waals surface area contributed by atoms with E-state index in [9.17, 15) is 19.8 Å². The maximum absolute atomic E-state index is 13.3. The van der Waals surface area contributed by atoms with Gasteiger partial charge in [-0.05, 0) is 60.9 Å². The second-order valence-electron chi connectivity index (χ2n) is 8.60. The van der Waals surface area contributed by atoms with Crippen LogP contribution in [0.15, 0.2) is 70.7 Å². The maximum atomic E-state index is 13.3. The van der Waals surface area contributed by atoms with E-state index in [1.165, 1.54) is 11.0 Å². The summed E-state index contributed by atoms with van der Waals surface area (Å²) in [6.45, 7) is 2.29. The zero-order valence-electron chi connectivity index (χ0n) is 21.2. The normalized spacial score (nSPS) is 16.5. The van der Waals surface area contributed by atoms with Crippen LogP contribution in [0.3, 0.4) is 0 Å². The van der Waals surface area contributed by atoms with Crippen LogP contribution < -0.4 is 14.2 Å². The summed E-state index contributed by atoms with van der Waals surface area (Å²) >= 11 is 3.37. The number of rotatable bonds is 9. The summed E-state index contributed by atoms with van der Waals surface area (Å²) in [5.41, 5.74) is 1.77. The maximum Gasteiger partial charge on any atom is 0.295 e. The molecule has 1 unspecified atom stereocenters. The van der Waals surface area contributed by atoms with Gasteiger partial charge in [0.25, 0.3) is 11.7 Å². The number of phenolic OH excluding ortho intramolecular Hbond substituents is 1. The molecule has 0 bridgehead atoms. The number of halogens is 1. The summed E-state index contributed by atoms with van der Waals surface area (Å²) in [4.78, 5) is 28.1. The Morgan fingerprint density at radius 2 is 1.66 bits per heavy atom. The number of hydrogen-bond acceptors (Lipinski definition) is 7. The van der Waals surface area contributed by atoms with Crippen molar-refractivity contribution in [2.24, 2.45) is 0 Å². The third-order valence-electron chi connectivity index (χ3n) is 6.35. The topological polar surface area (TPSA) is 106 Å². The van der Waals surface area contributed by atoms with Crippen molar-refractivity contribution in [2.75, 3.05) is 27.4 Å². The Kier molecular flexibility index (Phi) is 8.26. The third kappa shape index (κ3) is 5.33. The van der Waals surface area contributed by atoms with Gasteiger partial charge in [0, 0.05) is 16.6 Å². The minimum absolute atomic E-state index is 0.0298. The van der Waals surface area contributed by atoms with Crippen LogP contribution in [0.2, 0.25) is 0 Å². The second kappa shape index (κ2) is 11.6. The number of methoxy groups -OCH3 is 2. The number of aromatic hydroxyl groups is 1. The number of likely N-dealkylation sites (tertiary alicyclic amines) is 1. The van der Waals surface area contributed by atoms with Gasteiger partial charge in [0.15, 0.2) is 23.0 Å². The molecular weight excluding hydrogens is 554 g/mol. The van der Waals surface area contributed by atoms with Crippen LogP contribution in [0.1, 0.15) is 29.7 Å². The van der Waals surface area contributed by atoms with E-state index in [4.69, 9.17) is 14.2 Å². The second-order valence-corrected chi connectivity index (χ2v) is 9.51. The molecule has 2 N–H and O–H groups in total. The van der Waals surface area contributed by atoms with Crippen molar-refractivity contribution in [3.63, 3.8) is 0 Å². The Morgan fingerprint density at radius 1 is 0.947 bits per heavy atom. The first-order valence-corrected chi connectivity index (χ1v) is 12.8. The number of carbonyl (C=O) groups excluding carboxylic acids is 2. The van der Waals surface area contributed by atoms with Gasteiger partial charge in [-0.1, -0.05) is 40.2 Å². The van der Waals surface area contributed by atoms with Crippen LogP contribution in [-0.4, -0.2) is 54.2 Å². The molecule has 1 atom stereocenters. The predicted molar refractivity (Wildman–Crippen MR) is 146 cm³/mol. The Hall–Kier alpha value is -3.98. The third-order valence-corrected chi connectivity index (χ3v) is 6.88. The van der Waals surface area contributed by atoms with Crippen molar-refractivity contribution in [2.45, 2.75) is 19.4 Å². The number of aliphatic hydroxyl groups excluding tert-OH is 1. The highest BCUT2D eigenvalue weighted by Gasteiger charge is 2.46. The highest BCUT2D eigenvalue weighted by Crippen LogP contribution is 2.42. The average molecular weight is 582 g/mol. The van der Waals surface area contributed by atoms with Gasteiger partial charge in [-0.3, -0.25) is 9.59 Å². The van der Waals surface area contributed by atoms with Crippen LogP contribution in [0.5, 0.6) is 23.0 Å². The fourth-order valence-corrected chi connectivity index (χ4v) is 4.74. The fourth-order valence-electron chi connectivity index (χ4n) is 4.48. The molecule has 3 aromatic rings. The SMILES string of the molecule is CCOc1cc(C2C(=C(O)c3ccc(Br)cc3)C(=O)C(=O)N2CCc2ccc(OC)c(OC)c2)ccc1O. The summed E-state index contributed by atoms with van der Waals surface area (Å²) in [6.07, 6.45) is 0.415. The zero-order chi connectivity index (χ0) is 27.4. The van der Waals surface area contributed by atoms with Gasteiger partial charge in [-0.2, -0.15) is 0 Å². The van der Waals surface area contributed by atoms with E-state index >= 15 is 0 Å². The highest BCUT2D eigenvalue weighted by molar-refractivity contribution is 9.10. The molecule has 3 aromatic carbocycles. The number of aliphatic hydroxyl groups is 1. The summed E-state index contributed by atoms with van der Waals surface area (Å²) in [5.74, 6) is -0.489. The molecule has 198 valence electrons. The first-order chi connectivity index (χ1) is 18.3. The van der Waals surface area contributed by atoms with E-state index in [1.807, 2.05) is 12.1 Å². The molecule has 0 aromatic heterocycles. The molecule has 38 heavy (non-hydrogen) atoms. The lowest BCUT2D eigenvalue weighted by Crippen LogP contribution is -2.31. The molecule has 0 aliphatic carbocycles. The van der Waals surface area contributed by atoms with E-state index in [0.29, 0.717) is 35.7 Å². The molecule has 1 saturated heterocycles. The smallest absolute Gasteiger partial charge is 0.295 e. The van der Waals surface area contributed by atoms with Crippen LogP contribution in [0.25, 0.3) is 5.76 Å². The number of ketones is 1. The molecule has 0 saturated carbocycles. The molecule has 9 heteroatoms. The summed E-state index contributed by atoms with van der Waals surface area (Å²) < 4.78 is 17.0. The molecule has 4 rings (SSSR count). The zero-order valence-corrected chi connectivity index (χ0v) is 22.8. The van der Waals surface area contributed by atoms with Crippen LogP contribution in [0, 0.1) is 0 Å². The molecular formula is C29H28BrNO7. The molecule has 1 aliphatic heterocycles. The molecule has 1 heterocycles. The van der Waals surface area contributed by atoms with Crippen LogP contribution >= 0.6 is 15.9 Å². The Morgan fingerprint density at radius 3 is 2.32 bits per heavy atom. The van der Waals surface area contributed by atoms with Crippen molar-refractivity contribution < 1.29 is 34.0 Å². The van der Waals surface area contributed by atoms with Crippen molar-refractivity contribution in [1.82, 2.24) is 4.90 Å². The number of carbonyl (C=O) groups is 2. The van der Waals surface area contributed by atoms with Crippen LogP contribution in [0.4, 0.5) is 0 Å². The highest BCUT2D eigenvalue weighted by atomic mass is 79.9. The lowest BCUT2D eigenvalue weighted by Gasteiger charge is -2.26. The van der Waals surface area contributed by atoms with Crippen molar-refractivity contribution in [3.05, 3.63) is 87.4 Å². The summed E-state index contributed by atoms with van der Waals surface area (Å²) in [6, 6.07) is 16.0. The predicted octanol–water partition coefficient (Wildman–Crippen LogP) is 5.24. The minimum Gasteiger partial charge on any atom is -0.507 e. The quantitative estimate of drug-likeness (QED) is 0.202. The lowest BCUT2D eigenvalue weighted by atomic mass is 9.95. The van der Waals surface area contributed by atoms with Gasteiger partial charge in [0.05, 0.1) is 32.4 Å². The van der Waals surface area contributed by atoms with Crippen LogP contribution in [-0.2, 0) is 16.0 Å². The van der Waals surface area contributed by atoms with Crippen molar-refractivity contribution in [3.8, 4) is 23.0 Å². The summed E-state index contributed by atoms with van der Waals surface area (Å²) in [5, 5.41) is 21.5. The van der Waals surface area contributed by atoms with E-state index in [0.717, 1.165) is 10.0 Å². The van der Waals surface area contributed by atoms with Gasteiger partial charge in [0.1, 0.15) is 5.76 Å². The van der Waals surface area contributed by atoms with E-state index in [2.05, 4.69) is 15.9 Å². The van der Waals surface area contributed by atoms with Gasteiger partial charge < -0.3 is 29.3 Å². The number of Topliss-reactive ketones (excluding diaryl/α,β-unsaturated/α-hetero) is 1. The molecule has 0 radical (unpaired) electrons. The van der Waals surface area contributed by atoms with Crippen molar-refractivity contribution >= 4 is 33.4 Å². The number of benzene rings is 3. The van der Waals surface area contributed by atoms with Gasteiger partial charge >= 0.3 is 0 Å². The minimum atomic E-state index is -0.890. The molecule has 0 spiro atoms. The fraction of sp³-hybridized carbons (Fsp3) is 0.241. The van der Waals surface area contributed by atoms with Crippen molar-refractivity contribution in [1.29, 1.82) is 0 Å². The lowest BCUT2D eigenvalue weighted by molar-refractivity contribution is -0.139. The first kappa shape index (κ1) is 27.1. The first-order valence-electron chi connectivity index (χ1n) is 12.0. The van der Waals surface area contributed by atoms with E-state index in [1.54, 1.807) is 63.6 Å². The molecule has 1 fully saturated rings. The monoisotopic (exact) mass is 581 g/mol. The number of ether oxygens (including phenoxy) is 3. The standard InChI is InChI=1S/C29H28BrNO7/c1-4-38-23-16-19(8-11-21(23)32)26-25(27(33)18-6-9-20(30)10-7-18)28(34)29(35)31(26)14-13-17-5-12-22(36-2)24(15-17)37-3/h5-12,15-16,26,32-33H,4,13-14H2,1-3H3. The summed E-state index contributed by atoms with van der Waals surface area (Å²) in [7, 11) is 3.10. The van der Waals surface area contributed by atoms with E-state index in [-0.39, 0.29) is 29.4 Å². The average Bonchev–Trinajstić information content (AvgIpc) is 3.18. The van der Waals surface area contributed by atoms with E-state index < -0.39 is 17.7 Å². The Balaban J connectivity index is 1.78. The number of phenols is 1. The molecule has 1 aliphatic rings. The Labute approximate surface area is 229 Å². The largest absolute Gasteiger partial charge is 0.507 e. The van der Waals surface area contributed by atoms with Gasteiger partial charge in [-0.15, -0.1) is 0 Å². The number of amides is 1. The molecule has 8 nitrogen and oxygen atoms in total. The number of hydrogen-bond donors (Lipinski definition) is 2.